The van der Waals surface area contributed by atoms with Crippen molar-refractivity contribution in [2.75, 3.05) is 12.3 Å². The van der Waals surface area contributed by atoms with Gasteiger partial charge in [-0.05, 0) is 44.2 Å². The van der Waals surface area contributed by atoms with Crippen molar-refractivity contribution < 1.29 is 9.21 Å². The molecule has 1 amide bonds. The topological polar surface area (TPSA) is 60.1 Å². The van der Waals surface area contributed by atoms with Crippen LogP contribution in [0.3, 0.4) is 0 Å². The monoisotopic (exact) mass is 369 g/mol. The first-order valence-corrected chi connectivity index (χ1v) is 9.63. The predicted molar refractivity (Wildman–Crippen MR) is 103 cm³/mol. The maximum absolute atomic E-state index is 12.2. The Morgan fingerprint density at radius 2 is 2.04 bits per heavy atom. The summed E-state index contributed by atoms with van der Waals surface area (Å²) >= 11 is 1.69. The molecule has 6 heteroatoms. The molecule has 1 unspecified atom stereocenters. The lowest BCUT2D eigenvalue weighted by atomic mass is 10.2. The van der Waals surface area contributed by atoms with Gasteiger partial charge in [0, 0.05) is 29.3 Å². The number of benzene rings is 1. The maximum Gasteiger partial charge on any atom is 0.220 e. The van der Waals surface area contributed by atoms with E-state index in [4.69, 9.17) is 4.42 Å². The Kier molecular flexibility index (Phi) is 6.17. The number of carbonyl (C=O) groups is 1. The smallest absolute Gasteiger partial charge is 0.220 e. The number of thioether (sulfide) groups is 1. The van der Waals surface area contributed by atoms with E-state index in [-0.39, 0.29) is 11.9 Å². The fourth-order valence-corrected chi connectivity index (χ4v) is 3.70. The number of nitrogens with one attached hydrogen (secondary N) is 1. The van der Waals surface area contributed by atoms with E-state index >= 15 is 0 Å². The normalized spacial score (nSPS) is 12.1. The number of hydrogen-bond acceptors (Lipinski definition) is 4. The predicted octanol–water partition coefficient (Wildman–Crippen LogP) is 3.98. The lowest BCUT2D eigenvalue weighted by Crippen LogP contribution is -2.32. The summed E-state index contributed by atoms with van der Waals surface area (Å²) in [6.07, 6.45) is 2.12. The fraction of sp³-hybridized carbons (Fsp3) is 0.300. The number of rotatable bonds is 8. The number of hydrogen-bond donors (Lipinski definition) is 1. The molecular formula is C20H23N3O2S. The summed E-state index contributed by atoms with van der Waals surface area (Å²) in [5.41, 5.74) is 1.99. The minimum Gasteiger partial charge on any atom is -0.467 e. The van der Waals surface area contributed by atoms with Gasteiger partial charge in [0.1, 0.15) is 11.8 Å². The van der Waals surface area contributed by atoms with Crippen molar-refractivity contribution in [1.82, 2.24) is 15.1 Å². The molecule has 0 aliphatic carbocycles. The molecule has 0 fully saturated rings. The first kappa shape index (κ1) is 18.3. The van der Waals surface area contributed by atoms with Crippen molar-refractivity contribution in [1.29, 1.82) is 0 Å². The Bertz CT molecular complexity index is 828. The third-order valence-corrected chi connectivity index (χ3v) is 5.06. The van der Waals surface area contributed by atoms with Crippen LogP contribution < -0.4 is 5.32 Å². The quantitative estimate of drug-likeness (QED) is 0.610. The molecule has 0 aliphatic heterocycles. The summed E-state index contributed by atoms with van der Waals surface area (Å²) in [5.74, 6) is 1.57. The van der Waals surface area contributed by atoms with Crippen LogP contribution in [0.1, 0.15) is 29.6 Å². The second-order valence-corrected chi connectivity index (χ2v) is 7.29. The molecule has 0 saturated carbocycles. The molecule has 2 aromatic heterocycles. The summed E-state index contributed by atoms with van der Waals surface area (Å²) in [5, 5.41) is 7.57. The first-order valence-electron chi connectivity index (χ1n) is 8.64. The summed E-state index contributed by atoms with van der Waals surface area (Å²) in [6.45, 7) is 4.42. The second-order valence-electron chi connectivity index (χ2n) is 6.12. The van der Waals surface area contributed by atoms with E-state index in [9.17, 15) is 4.79 Å². The fourth-order valence-electron chi connectivity index (χ4n) is 2.83. The van der Waals surface area contributed by atoms with E-state index in [1.807, 2.05) is 54.9 Å². The molecule has 136 valence electrons. The Hall–Kier alpha value is -2.47. The summed E-state index contributed by atoms with van der Waals surface area (Å²) in [6, 6.07) is 15.7. The zero-order valence-corrected chi connectivity index (χ0v) is 15.8. The molecule has 0 radical (unpaired) electrons. The SMILES string of the molecule is Cc1cc(C)n(C(CNC(=O)CCSc2ccccc2)c2ccco2)n1. The molecule has 1 atom stereocenters. The molecular weight excluding hydrogens is 346 g/mol. The van der Waals surface area contributed by atoms with Gasteiger partial charge in [0.05, 0.1) is 12.0 Å². The van der Waals surface area contributed by atoms with Crippen LogP contribution >= 0.6 is 11.8 Å². The van der Waals surface area contributed by atoms with Crippen molar-refractivity contribution in [3.63, 3.8) is 0 Å². The molecule has 5 nitrogen and oxygen atoms in total. The van der Waals surface area contributed by atoms with E-state index in [2.05, 4.69) is 22.5 Å². The molecule has 3 aromatic rings. The zero-order chi connectivity index (χ0) is 18.4. The zero-order valence-electron chi connectivity index (χ0n) is 15.0. The van der Waals surface area contributed by atoms with Crippen molar-refractivity contribution in [2.24, 2.45) is 0 Å². The van der Waals surface area contributed by atoms with Gasteiger partial charge in [-0.15, -0.1) is 11.8 Å². The van der Waals surface area contributed by atoms with Crippen LogP contribution in [0.2, 0.25) is 0 Å². The van der Waals surface area contributed by atoms with Crippen LogP contribution in [-0.4, -0.2) is 28.0 Å². The van der Waals surface area contributed by atoms with E-state index in [0.717, 1.165) is 22.9 Å². The number of amides is 1. The molecule has 0 spiro atoms. The van der Waals surface area contributed by atoms with Crippen LogP contribution in [0, 0.1) is 13.8 Å². The van der Waals surface area contributed by atoms with E-state index < -0.39 is 0 Å². The van der Waals surface area contributed by atoms with Gasteiger partial charge in [0.25, 0.3) is 0 Å². The standard InChI is InChI=1S/C20H23N3O2S/c1-15-13-16(2)23(22-15)18(19-9-6-11-25-19)14-21-20(24)10-12-26-17-7-4-3-5-8-17/h3-9,11,13,18H,10,12,14H2,1-2H3,(H,21,24). The average molecular weight is 369 g/mol. The third-order valence-electron chi connectivity index (χ3n) is 4.05. The van der Waals surface area contributed by atoms with Gasteiger partial charge in [-0.1, -0.05) is 18.2 Å². The summed E-state index contributed by atoms with van der Waals surface area (Å²) in [4.78, 5) is 13.4. The number of furan rings is 1. The van der Waals surface area contributed by atoms with Gasteiger partial charge in [0.15, 0.2) is 0 Å². The van der Waals surface area contributed by atoms with E-state index in [1.165, 1.54) is 4.90 Å². The second kappa shape index (κ2) is 8.76. The van der Waals surface area contributed by atoms with Crippen molar-refractivity contribution in [2.45, 2.75) is 31.2 Å². The highest BCUT2D eigenvalue weighted by Crippen LogP contribution is 2.21. The lowest BCUT2D eigenvalue weighted by Gasteiger charge is -2.18. The van der Waals surface area contributed by atoms with Gasteiger partial charge in [-0.3, -0.25) is 9.48 Å². The lowest BCUT2D eigenvalue weighted by molar-refractivity contribution is -0.120. The van der Waals surface area contributed by atoms with Crippen LogP contribution in [0.25, 0.3) is 0 Å². The summed E-state index contributed by atoms with van der Waals surface area (Å²) < 4.78 is 7.48. The van der Waals surface area contributed by atoms with Crippen LogP contribution in [0.15, 0.2) is 64.1 Å². The minimum absolute atomic E-state index is 0.0338. The number of carbonyl (C=O) groups excluding carboxylic acids is 1. The molecule has 2 heterocycles. The van der Waals surface area contributed by atoms with Crippen LogP contribution in [-0.2, 0) is 4.79 Å². The Labute approximate surface area is 157 Å². The van der Waals surface area contributed by atoms with E-state index in [1.54, 1.807) is 18.0 Å². The highest BCUT2D eigenvalue weighted by molar-refractivity contribution is 7.99. The number of nitrogens with zero attached hydrogens (tertiary/aromatic N) is 2. The molecule has 0 aliphatic rings. The number of aryl methyl sites for hydroxylation is 2. The van der Waals surface area contributed by atoms with Crippen molar-refractivity contribution in [3.05, 3.63) is 71.9 Å². The summed E-state index contributed by atoms with van der Waals surface area (Å²) in [7, 11) is 0. The van der Waals surface area contributed by atoms with Crippen molar-refractivity contribution in [3.8, 4) is 0 Å². The highest BCUT2D eigenvalue weighted by atomic mass is 32.2. The Morgan fingerprint density at radius 3 is 2.69 bits per heavy atom. The Morgan fingerprint density at radius 1 is 1.23 bits per heavy atom. The van der Waals surface area contributed by atoms with E-state index in [0.29, 0.717) is 13.0 Å². The largest absolute Gasteiger partial charge is 0.467 e. The van der Waals surface area contributed by atoms with Crippen LogP contribution in [0.4, 0.5) is 0 Å². The first-order chi connectivity index (χ1) is 12.6. The van der Waals surface area contributed by atoms with Gasteiger partial charge in [0.2, 0.25) is 5.91 Å². The molecule has 1 aromatic carbocycles. The molecule has 0 bridgehead atoms. The highest BCUT2D eigenvalue weighted by Gasteiger charge is 2.20. The van der Waals surface area contributed by atoms with Gasteiger partial charge in [-0.25, -0.2) is 0 Å². The minimum atomic E-state index is -0.149. The third kappa shape index (κ3) is 4.79. The molecule has 0 saturated heterocycles. The van der Waals surface area contributed by atoms with Crippen molar-refractivity contribution >= 4 is 17.7 Å². The number of aromatic nitrogens is 2. The van der Waals surface area contributed by atoms with Gasteiger partial charge in [-0.2, -0.15) is 5.10 Å². The van der Waals surface area contributed by atoms with Crippen LogP contribution in [0.5, 0.6) is 0 Å². The molecule has 3 rings (SSSR count). The average Bonchev–Trinajstić information content (AvgIpc) is 3.26. The maximum atomic E-state index is 12.2. The van der Waals surface area contributed by atoms with Gasteiger partial charge < -0.3 is 9.73 Å². The molecule has 1 N–H and O–H groups in total. The molecule has 26 heavy (non-hydrogen) atoms. The Balaban J connectivity index is 1.56. The van der Waals surface area contributed by atoms with Gasteiger partial charge >= 0.3 is 0 Å².